The van der Waals surface area contributed by atoms with E-state index in [1.807, 2.05) is 31.4 Å². The summed E-state index contributed by atoms with van der Waals surface area (Å²) in [6.45, 7) is 12.9. The molecule has 0 aliphatic rings. The van der Waals surface area contributed by atoms with Crippen LogP contribution in [-0.2, 0) is 6.54 Å². The first kappa shape index (κ1) is 19.4. The van der Waals surface area contributed by atoms with Crippen LogP contribution in [0.2, 0.25) is 0 Å². The lowest BCUT2D eigenvalue weighted by Crippen LogP contribution is -2.28. The molecule has 0 atom stereocenters. The van der Waals surface area contributed by atoms with Crippen LogP contribution in [0.5, 0.6) is 5.75 Å². The quantitative estimate of drug-likeness (QED) is 0.809. The Labute approximate surface area is 143 Å². The molecule has 0 aromatic carbocycles. The zero-order valence-corrected chi connectivity index (χ0v) is 16.1. The van der Waals surface area contributed by atoms with Gasteiger partial charge in [0.2, 0.25) is 0 Å². The summed E-state index contributed by atoms with van der Waals surface area (Å²) in [5.74, 6) is 0.578. The Hall–Kier alpha value is -1.62. The second kappa shape index (κ2) is 8.29. The van der Waals surface area contributed by atoms with Gasteiger partial charge in [-0.25, -0.2) is 4.68 Å². The normalized spacial score (nSPS) is 10.9. The summed E-state index contributed by atoms with van der Waals surface area (Å²) in [6.07, 6.45) is 0.898. The van der Waals surface area contributed by atoms with Crippen LogP contribution in [-0.4, -0.2) is 16.9 Å². The zero-order valence-electron chi connectivity index (χ0n) is 15.3. The van der Waals surface area contributed by atoms with Gasteiger partial charge >= 0.3 is 0 Å². The third-order valence-electron chi connectivity index (χ3n) is 3.36. The lowest BCUT2D eigenvalue weighted by atomic mass is 9.92. The van der Waals surface area contributed by atoms with E-state index in [4.69, 9.17) is 4.74 Å². The predicted octanol–water partition coefficient (Wildman–Crippen LogP) is 4.75. The Morgan fingerprint density at radius 2 is 1.96 bits per heavy atom. The van der Waals surface area contributed by atoms with Crippen molar-refractivity contribution in [3.05, 3.63) is 33.4 Å². The zero-order chi connectivity index (χ0) is 17.6. The highest BCUT2D eigenvalue weighted by Gasteiger charge is 2.18. The summed E-state index contributed by atoms with van der Waals surface area (Å²) in [4.78, 5) is 13.4. The van der Waals surface area contributed by atoms with Gasteiger partial charge < -0.3 is 4.74 Å². The average Bonchev–Trinajstić information content (AvgIpc) is 3.04. The number of aryl methyl sites for hydroxylation is 1. The Bertz CT molecular complexity index is 668. The van der Waals surface area contributed by atoms with E-state index in [0.29, 0.717) is 17.9 Å². The van der Waals surface area contributed by atoms with Crippen molar-refractivity contribution in [2.24, 2.45) is 5.41 Å². The maximum Gasteiger partial charge on any atom is 0.273 e. The van der Waals surface area contributed by atoms with Gasteiger partial charge in [0.1, 0.15) is 5.69 Å². The molecule has 0 N–H and O–H groups in total. The van der Waals surface area contributed by atoms with Crippen molar-refractivity contribution in [2.75, 3.05) is 7.11 Å². The number of aromatic nitrogens is 2. The average molecular weight is 337 g/mol. The molecule has 128 valence electrons. The van der Waals surface area contributed by atoms with Gasteiger partial charge in [-0.3, -0.25) is 4.79 Å². The van der Waals surface area contributed by atoms with Gasteiger partial charge in [0.25, 0.3) is 5.56 Å². The second-order valence-corrected chi connectivity index (χ2v) is 7.27. The molecule has 0 saturated heterocycles. The van der Waals surface area contributed by atoms with Crippen molar-refractivity contribution in [1.82, 2.24) is 9.78 Å². The molecule has 0 fully saturated rings. The summed E-state index contributed by atoms with van der Waals surface area (Å²) >= 11 is 1.59. The minimum Gasteiger partial charge on any atom is -0.494 e. The van der Waals surface area contributed by atoms with Crippen molar-refractivity contribution < 1.29 is 4.74 Å². The SMILES string of the molecule is CC.COc1c(-c2cccs2)nn(CCC(C)(C)C)c(=O)c1C. The van der Waals surface area contributed by atoms with Gasteiger partial charge in [0.15, 0.2) is 5.75 Å². The van der Waals surface area contributed by atoms with E-state index < -0.39 is 0 Å². The molecule has 0 amide bonds. The number of nitrogens with zero attached hydrogens (tertiary/aromatic N) is 2. The summed E-state index contributed by atoms with van der Waals surface area (Å²) in [7, 11) is 1.58. The predicted molar refractivity (Wildman–Crippen MR) is 98.5 cm³/mol. The van der Waals surface area contributed by atoms with Gasteiger partial charge in [-0.1, -0.05) is 40.7 Å². The fraction of sp³-hybridized carbons (Fsp3) is 0.556. The van der Waals surface area contributed by atoms with Crippen molar-refractivity contribution in [3.8, 4) is 16.3 Å². The molecule has 0 saturated carbocycles. The topological polar surface area (TPSA) is 44.1 Å². The van der Waals surface area contributed by atoms with Crippen LogP contribution in [0.3, 0.4) is 0 Å². The molecule has 0 unspecified atom stereocenters. The minimum atomic E-state index is -0.0728. The van der Waals surface area contributed by atoms with Crippen LogP contribution in [0, 0.1) is 12.3 Å². The summed E-state index contributed by atoms with van der Waals surface area (Å²) in [5, 5.41) is 6.54. The Morgan fingerprint density at radius 1 is 1.30 bits per heavy atom. The second-order valence-electron chi connectivity index (χ2n) is 6.32. The molecule has 0 aliphatic heterocycles. The summed E-state index contributed by atoms with van der Waals surface area (Å²) < 4.78 is 6.98. The third kappa shape index (κ3) is 4.93. The molecule has 2 heterocycles. The van der Waals surface area contributed by atoms with E-state index in [9.17, 15) is 4.79 Å². The monoisotopic (exact) mass is 336 g/mol. The summed E-state index contributed by atoms with van der Waals surface area (Å²) in [6, 6.07) is 3.97. The lowest BCUT2D eigenvalue weighted by molar-refractivity contribution is 0.333. The van der Waals surface area contributed by atoms with E-state index in [0.717, 1.165) is 17.0 Å². The Morgan fingerprint density at radius 3 is 2.43 bits per heavy atom. The van der Waals surface area contributed by atoms with Crippen molar-refractivity contribution in [3.63, 3.8) is 0 Å². The molecule has 4 nitrogen and oxygen atoms in total. The van der Waals surface area contributed by atoms with Crippen LogP contribution in [0.25, 0.3) is 10.6 Å². The molecular weight excluding hydrogens is 308 g/mol. The molecule has 0 spiro atoms. The molecule has 23 heavy (non-hydrogen) atoms. The Balaban J connectivity index is 0.00000127. The number of thiophene rings is 1. The highest BCUT2D eigenvalue weighted by molar-refractivity contribution is 7.13. The van der Waals surface area contributed by atoms with Crippen LogP contribution in [0.4, 0.5) is 0 Å². The first-order valence-electron chi connectivity index (χ1n) is 8.03. The van der Waals surface area contributed by atoms with Crippen LogP contribution >= 0.6 is 11.3 Å². The maximum absolute atomic E-state index is 12.4. The third-order valence-corrected chi connectivity index (χ3v) is 4.24. The van der Waals surface area contributed by atoms with Crippen LogP contribution in [0.1, 0.15) is 46.6 Å². The smallest absolute Gasteiger partial charge is 0.273 e. The van der Waals surface area contributed by atoms with E-state index in [1.165, 1.54) is 0 Å². The molecule has 2 rings (SSSR count). The molecule has 2 aromatic heterocycles. The highest BCUT2D eigenvalue weighted by atomic mass is 32.1. The maximum atomic E-state index is 12.4. The number of hydrogen-bond donors (Lipinski definition) is 0. The molecule has 0 aliphatic carbocycles. The van der Waals surface area contributed by atoms with E-state index >= 15 is 0 Å². The van der Waals surface area contributed by atoms with Crippen molar-refractivity contribution >= 4 is 11.3 Å². The first-order chi connectivity index (χ1) is 10.8. The van der Waals surface area contributed by atoms with Crippen LogP contribution in [0.15, 0.2) is 22.3 Å². The van der Waals surface area contributed by atoms with Crippen molar-refractivity contribution in [1.29, 1.82) is 0 Å². The van der Waals surface area contributed by atoms with E-state index in [-0.39, 0.29) is 11.0 Å². The standard InChI is InChI=1S/C16H22N2O2S.C2H6/c1-11-14(20-5)13(12-7-6-10-21-12)17-18(15(11)19)9-8-16(2,3)4;1-2/h6-7,10H,8-9H2,1-5H3;1-2H3. The number of rotatable bonds is 4. The summed E-state index contributed by atoms with van der Waals surface area (Å²) in [5.41, 5.74) is 1.46. The molecule has 0 radical (unpaired) electrons. The van der Waals surface area contributed by atoms with Crippen LogP contribution < -0.4 is 10.3 Å². The highest BCUT2D eigenvalue weighted by Crippen LogP contribution is 2.32. The number of methoxy groups -OCH3 is 1. The molecular formula is C18H28N2O2S. The molecule has 2 aromatic rings. The van der Waals surface area contributed by atoms with E-state index in [2.05, 4.69) is 25.9 Å². The van der Waals surface area contributed by atoms with Gasteiger partial charge in [0.05, 0.1) is 17.6 Å². The molecule has 0 bridgehead atoms. The van der Waals surface area contributed by atoms with E-state index in [1.54, 1.807) is 30.1 Å². The fourth-order valence-corrected chi connectivity index (χ4v) is 2.80. The minimum absolute atomic E-state index is 0.0728. The lowest BCUT2D eigenvalue weighted by Gasteiger charge is -2.19. The largest absolute Gasteiger partial charge is 0.494 e. The van der Waals surface area contributed by atoms with Gasteiger partial charge in [-0.2, -0.15) is 5.10 Å². The number of ether oxygens (including phenoxy) is 1. The number of hydrogen-bond acceptors (Lipinski definition) is 4. The van der Waals surface area contributed by atoms with Gasteiger partial charge in [-0.05, 0) is 30.2 Å². The first-order valence-corrected chi connectivity index (χ1v) is 8.91. The molecule has 5 heteroatoms. The fourth-order valence-electron chi connectivity index (χ4n) is 2.10. The van der Waals surface area contributed by atoms with Gasteiger partial charge in [0, 0.05) is 6.54 Å². The van der Waals surface area contributed by atoms with Crippen molar-refractivity contribution in [2.45, 2.75) is 54.5 Å². The van der Waals surface area contributed by atoms with Gasteiger partial charge in [-0.15, -0.1) is 11.3 Å². The Kier molecular flexibility index (Phi) is 7.01.